The highest BCUT2D eigenvalue weighted by Gasteiger charge is 2.29. The molecule has 0 unspecified atom stereocenters. The lowest BCUT2D eigenvalue weighted by Gasteiger charge is -2.14. The molecule has 0 aromatic carbocycles. The average molecular weight is 459 g/mol. The van der Waals surface area contributed by atoms with Crippen LogP contribution in [0.4, 0.5) is 11.4 Å². The Morgan fingerprint density at radius 1 is 1.03 bits per heavy atom. The van der Waals surface area contributed by atoms with E-state index in [0.717, 1.165) is 27.6 Å². The van der Waals surface area contributed by atoms with Gasteiger partial charge in [-0.1, -0.05) is 34.6 Å². The molecule has 164 valence electrons. The first kappa shape index (κ1) is 25.2. The highest BCUT2D eigenvalue weighted by molar-refractivity contribution is 7.15. The highest BCUT2D eigenvalue weighted by Crippen LogP contribution is 2.36. The molecule has 0 aliphatic rings. The second-order valence-electron chi connectivity index (χ2n) is 7.40. The first-order valence-electron chi connectivity index (χ1n) is 8.59. The SMILES string of the molecule is CC(C)(C)c1cc([N+](=O)[O-])c(C(=O)O)s1.COC(=O)c1sc(C(C)C)cc1[N+](=O)[O-]. The number of hydrogen-bond acceptors (Lipinski definition) is 9. The molecule has 0 saturated heterocycles. The van der Waals surface area contributed by atoms with Gasteiger partial charge in [0, 0.05) is 21.9 Å². The van der Waals surface area contributed by atoms with E-state index in [-0.39, 0.29) is 32.5 Å². The Labute approximate surface area is 180 Å². The Kier molecular flexibility index (Phi) is 8.19. The van der Waals surface area contributed by atoms with Crippen molar-refractivity contribution in [3.05, 3.63) is 51.9 Å². The standard InChI is InChI=1S/2C9H11NO4S/c1-9(2,3)6-4-5(10(13)14)7(15-6)8(11)12;1-5(2)7-4-6(10(12)13)8(15-7)9(11)14-3/h4H,1-3H3,(H,11,12);4-5H,1-3H3. The van der Waals surface area contributed by atoms with Gasteiger partial charge >= 0.3 is 11.9 Å². The lowest BCUT2D eigenvalue weighted by Crippen LogP contribution is -2.08. The third-order valence-corrected chi connectivity index (χ3v) is 6.65. The Balaban J connectivity index is 0.000000300. The summed E-state index contributed by atoms with van der Waals surface area (Å²) in [6.45, 7) is 9.48. The third-order valence-electron chi connectivity index (χ3n) is 3.71. The number of carbonyl (C=O) groups excluding carboxylic acids is 1. The lowest BCUT2D eigenvalue weighted by molar-refractivity contribution is -0.384. The molecule has 2 heterocycles. The van der Waals surface area contributed by atoms with Crippen molar-refractivity contribution < 1.29 is 29.3 Å². The quantitative estimate of drug-likeness (QED) is 0.364. The van der Waals surface area contributed by atoms with Gasteiger partial charge in [0.1, 0.15) is 0 Å². The molecule has 0 bridgehead atoms. The zero-order valence-electron chi connectivity index (χ0n) is 17.2. The van der Waals surface area contributed by atoms with Crippen LogP contribution in [0.3, 0.4) is 0 Å². The van der Waals surface area contributed by atoms with Gasteiger partial charge in [0.15, 0.2) is 9.75 Å². The fraction of sp³-hybridized carbons (Fsp3) is 0.444. The van der Waals surface area contributed by atoms with Crippen LogP contribution in [0.1, 0.15) is 69.6 Å². The van der Waals surface area contributed by atoms with E-state index in [4.69, 9.17) is 5.11 Å². The van der Waals surface area contributed by atoms with Gasteiger partial charge in [-0.25, -0.2) is 9.59 Å². The summed E-state index contributed by atoms with van der Waals surface area (Å²) in [6, 6.07) is 2.77. The van der Waals surface area contributed by atoms with Gasteiger partial charge in [-0.15, -0.1) is 22.7 Å². The van der Waals surface area contributed by atoms with Gasteiger partial charge in [0.25, 0.3) is 11.4 Å². The van der Waals surface area contributed by atoms with Crippen molar-refractivity contribution in [2.24, 2.45) is 0 Å². The first-order valence-corrected chi connectivity index (χ1v) is 10.2. The number of carboxylic acids is 1. The maximum Gasteiger partial charge on any atom is 0.355 e. The van der Waals surface area contributed by atoms with E-state index >= 15 is 0 Å². The summed E-state index contributed by atoms with van der Waals surface area (Å²) in [5.41, 5.74) is -0.767. The summed E-state index contributed by atoms with van der Waals surface area (Å²) in [4.78, 5) is 43.5. The van der Waals surface area contributed by atoms with E-state index < -0.39 is 21.8 Å². The van der Waals surface area contributed by atoms with Crippen LogP contribution in [0.5, 0.6) is 0 Å². The molecule has 0 atom stereocenters. The van der Waals surface area contributed by atoms with Crippen LogP contribution < -0.4 is 0 Å². The van der Waals surface area contributed by atoms with E-state index in [1.54, 1.807) is 0 Å². The predicted molar refractivity (Wildman–Crippen MR) is 113 cm³/mol. The van der Waals surface area contributed by atoms with Gasteiger partial charge < -0.3 is 9.84 Å². The van der Waals surface area contributed by atoms with Crippen LogP contribution >= 0.6 is 22.7 Å². The molecule has 30 heavy (non-hydrogen) atoms. The van der Waals surface area contributed by atoms with Crippen molar-refractivity contribution in [2.75, 3.05) is 7.11 Å². The van der Waals surface area contributed by atoms with Crippen LogP contribution in [-0.2, 0) is 10.2 Å². The van der Waals surface area contributed by atoms with Crippen molar-refractivity contribution in [3.63, 3.8) is 0 Å². The number of hydrogen-bond donors (Lipinski definition) is 1. The molecule has 0 radical (unpaired) electrons. The molecular weight excluding hydrogens is 436 g/mol. The van der Waals surface area contributed by atoms with Gasteiger partial charge in [-0.05, 0) is 11.3 Å². The molecule has 2 aromatic heterocycles. The largest absolute Gasteiger partial charge is 0.477 e. The molecule has 0 spiro atoms. The van der Waals surface area contributed by atoms with Crippen LogP contribution in [0.25, 0.3) is 0 Å². The first-order chi connectivity index (χ1) is 13.7. The molecule has 2 rings (SSSR count). The Bertz CT molecular complexity index is 938. The molecule has 0 aliphatic carbocycles. The number of esters is 1. The van der Waals surface area contributed by atoms with Crippen molar-refractivity contribution >= 4 is 46.0 Å². The van der Waals surface area contributed by atoms with Crippen LogP contribution in [0, 0.1) is 20.2 Å². The normalized spacial score (nSPS) is 10.9. The maximum atomic E-state index is 11.3. The Hall–Kier alpha value is -2.86. The van der Waals surface area contributed by atoms with Gasteiger partial charge in [-0.2, -0.15) is 0 Å². The second-order valence-corrected chi connectivity index (χ2v) is 9.54. The molecule has 12 heteroatoms. The molecular formula is C18H22N2O8S2. The van der Waals surface area contributed by atoms with Gasteiger partial charge in [0.05, 0.1) is 17.0 Å². The minimum absolute atomic E-state index is 0.0613. The van der Waals surface area contributed by atoms with E-state index in [1.807, 2.05) is 34.6 Å². The molecule has 0 saturated carbocycles. The van der Waals surface area contributed by atoms with Crippen molar-refractivity contribution in [1.29, 1.82) is 0 Å². The monoisotopic (exact) mass is 458 g/mol. The van der Waals surface area contributed by atoms with E-state index in [1.165, 1.54) is 19.2 Å². The molecule has 1 N–H and O–H groups in total. The fourth-order valence-corrected chi connectivity index (χ4v) is 4.17. The number of thiophene rings is 2. The van der Waals surface area contributed by atoms with E-state index in [9.17, 15) is 29.8 Å². The summed E-state index contributed by atoms with van der Waals surface area (Å²) in [7, 11) is 1.21. The number of carboxylic acid groups (broad SMARTS) is 1. The topological polar surface area (TPSA) is 150 Å². The molecule has 10 nitrogen and oxygen atoms in total. The molecule has 2 aromatic rings. The number of nitro groups is 2. The lowest BCUT2D eigenvalue weighted by atomic mass is 9.95. The van der Waals surface area contributed by atoms with Gasteiger partial charge in [-0.3, -0.25) is 20.2 Å². The molecule has 0 amide bonds. The number of ether oxygens (including phenoxy) is 1. The number of nitrogens with zero attached hydrogens (tertiary/aromatic N) is 2. The van der Waals surface area contributed by atoms with Crippen LogP contribution in [-0.4, -0.2) is 34.0 Å². The highest BCUT2D eigenvalue weighted by atomic mass is 32.1. The van der Waals surface area contributed by atoms with Crippen LogP contribution in [0.2, 0.25) is 0 Å². The third kappa shape index (κ3) is 6.07. The summed E-state index contributed by atoms with van der Waals surface area (Å²) in [5.74, 6) is -1.74. The minimum atomic E-state index is -1.25. The number of methoxy groups -OCH3 is 1. The zero-order chi connectivity index (χ0) is 23.4. The Morgan fingerprint density at radius 2 is 1.53 bits per heavy atom. The summed E-state index contributed by atoms with van der Waals surface area (Å²) >= 11 is 2.07. The van der Waals surface area contributed by atoms with Crippen molar-refractivity contribution in [2.45, 2.75) is 46.0 Å². The summed E-state index contributed by atoms with van der Waals surface area (Å²) in [6.07, 6.45) is 0. The minimum Gasteiger partial charge on any atom is -0.477 e. The maximum absolute atomic E-state index is 11.3. The molecule has 0 aliphatic heterocycles. The van der Waals surface area contributed by atoms with E-state index in [2.05, 4.69) is 4.74 Å². The Morgan fingerprint density at radius 3 is 1.87 bits per heavy atom. The number of aromatic carboxylic acids is 1. The molecule has 0 fully saturated rings. The number of carbonyl (C=O) groups is 2. The van der Waals surface area contributed by atoms with Crippen molar-refractivity contribution in [1.82, 2.24) is 0 Å². The van der Waals surface area contributed by atoms with Gasteiger partial charge in [0.2, 0.25) is 0 Å². The summed E-state index contributed by atoms with van der Waals surface area (Å²) < 4.78 is 4.49. The van der Waals surface area contributed by atoms with E-state index in [0.29, 0.717) is 4.88 Å². The van der Waals surface area contributed by atoms with Crippen molar-refractivity contribution in [3.8, 4) is 0 Å². The zero-order valence-corrected chi connectivity index (χ0v) is 18.9. The van der Waals surface area contributed by atoms with Crippen LogP contribution in [0.15, 0.2) is 12.1 Å². The number of rotatable bonds is 5. The predicted octanol–water partition coefficient (Wildman–Crippen LogP) is 5.22. The fourth-order valence-electron chi connectivity index (χ4n) is 2.10. The average Bonchev–Trinajstić information content (AvgIpc) is 3.26. The smallest absolute Gasteiger partial charge is 0.355 e. The summed E-state index contributed by atoms with van der Waals surface area (Å²) in [5, 5.41) is 30.1. The second kappa shape index (κ2) is 9.76.